The van der Waals surface area contributed by atoms with Crippen LogP contribution in [0.25, 0.3) is 11.1 Å². The Morgan fingerprint density at radius 1 is 1.08 bits per heavy atom. The van der Waals surface area contributed by atoms with Gasteiger partial charge in [0, 0.05) is 16.7 Å². The van der Waals surface area contributed by atoms with E-state index in [1.54, 1.807) is 6.92 Å². The lowest BCUT2D eigenvalue weighted by Gasteiger charge is -2.25. The van der Waals surface area contributed by atoms with Crippen molar-refractivity contribution in [3.05, 3.63) is 52.3 Å². The molecule has 26 heavy (non-hydrogen) atoms. The van der Waals surface area contributed by atoms with Gasteiger partial charge in [-0.25, -0.2) is 4.39 Å². The monoisotopic (exact) mass is 358 g/mol. The highest BCUT2D eigenvalue weighted by molar-refractivity contribution is 5.98. The van der Waals surface area contributed by atoms with Crippen LogP contribution in [-0.2, 0) is 0 Å². The normalized spacial score (nSPS) is 12.2. The molecule has 6 heteroatoms. The van der Waals surface area contributed by atoms with Crippen LogP contribution in [0, 0.1) is 18.7 Å². The molecule has 1 atom stereocenters. The third kappa shape index (κ3) is 3.40. The van der Waals surface area contributed by atoms with Crippen molar-refractivity contribution in [1.82, 2.24) is 0 Å². The first kappa shape index (κ1) is 19.4. The zero-order valence-electron chi connectivity index (χ0n) is 15.3. The molecule has 0 unspecified atom stereocenters. The molecule has 0 fully saturated rings. The smallest absolute Gasteiger partial charge is 0.249 e. The van der Waals surface area contributed by atoms with Crippen LogP contribution in [0.2, 0.25) is 0 Å². The Balaban J connectivity index is 2.91. The first-order valence-electron chi connectivity index (χ1n) is 8.32. The van der Waals surface area contributed by atoms with Crippen molar-refractivity contribution in [3.8, 4) is 16.9 Å². The largest absolute Gasteiger partial charge is 0.507 e. The van der Waals surface area contributed by atoms with Crippen molar-refractivity contribution in [2.45, 2.75) is 33.6 Å². The minimum atomic E-state index is -0.735. The number of rotatable bonds is 5. The zero-order chi connectivity index (χ0) is 19.8. The van der Waals surface area contributed by atoms with Crippen molar-refractivity contribution >= 4 is 11.8 Å². The predicted octanol–water partition coefficient (Wildman–Crippen LogP) is 3.46. The molecule has 0 radical (unpaired) electrons. The highest BCUT2D eigenvalue weighted by atomic mass is 19.1. The molecule has 0 saturated heterocycles. The third-order valence-corrected chi connectivity index (χ3v) is 4.84. The van der Waals surface area contributed by atoms with Crippen molar-refractivity contribution in [3.63, 3.8) is 0 Å². The minimum Gasteiger partial charge on any atom is -0.507 e. The molecule has 0 aliphatic carbocycles. The summed E-state index contributed by atoms with van der Waals surface area (Å²) in [5.74, 6) is -2.21. The van der Waals surface area contributed by atoms with Gasteiger partial charge in [0.2, 0.25) is 11.8 Å². The van der Waals surface area contributed by atoms with E-state index in [4.69, 9.17) is 11.5 Å². The number of carbonyl (C=O) groups excluding carboxylic acids is 2. The molecule has 0 aliphatic rings. The Morgan fingerprint density at radius 2 is 1.69 bits per heavy atom. The van der Waals surface area contributed by atoms with Gasteiger partial charge in [-0.1, -0.05) is 20.8 Å². The van der Waals surface area contributed by atoms with Gasteiger partial charge < -0.3 is 16.6 Å². The van der Waals surface area contributed by atoms with Gasteiger partial charge >= 0.3 is 0 Å². The SMILES string of the molecule is Cc1c(F)cc(C(N)=O)c([C@H](C)C(C)C)c1-c1ccc(C(N)=O)cc1O. The molecule has 2 rings (SSSR count). The molecule has 5 N–H and O–H groups in total. The van der Waals surface area contributed by atoms with E-state index in [2.05, 4.69) is 0 Å². The summed E-state index contributed by atoms with van der Waals surface area (Å²) in [5, 5.41) is 10.4. The van der Waals surface area contributed by atoms with E-state index in [0.29, 0.717) is 22.3 Å². The first-order chi connectivity index (χ1) is 12.1. The Morgan fingerprint density at radius 3 is 2.15 bits per heavy atom. The van der Waals surface area contributed by atoms with E-state index in [1.165, 1.54) is 18.2 Å². The van der Waals surface area contributed by atoms with E-state index < -0.39 is 17.6 Å². The molecule has 5 nitrogen and oxygen atoms in total. The Bertz CT molecular complexity index is 891. The summed E-state index contributed by atoms with van der Waals surface area (Å²) in [4.78, 5) is 23.3. The van der Waals surface area contributed by atoms with Gasteiger partial charge in [0.1, 0.15) is 11.6 Å². The van der Waals surface area contributed by atoms with Gasteiger partial charge in [-0.3, -0.25) is 9.59 Å². The molecule has 0 spiro atoms. The van der Waals surface area contributed by atoms with E-state index in [9.17, 15) is 19.1 Å². The number of nitrogens with two attached hydrogens (primary N) is 2. The lowest BCUT2D eigenvalue weighted by Crippen LogP contribution is -2.19. The Kier molecular flexibility index (Phi) is 5.35. The van der Waals surface area contributed by atoms with E-state index >= 15 is 0 Å². The van der Waals surface area contributed by atoms with Crippen LogP contribution in [0.3, 0.4) is 0 Å². The molecule has 0 saturated carbocycles. The second-order valence-corrected chi connectivity index (χ2v) is 6.81. The quantitative estimate of drug-likeness (QED) is 0.762. The summed E-state index contributed by atoms with van der Waals surface area (Å²) < 4.78 is 14.5. The number of amides is 2. The topological polar surface area (TPSA) is 106 Å². The van der Waals surface area contributed by atoms with Crippen LogP contribution >= 0.6 is 0 Å². The van der Waals surface area contributed by atoms with Crippen molar-refractivity contribution in [1.29, 1.82) is 0 Å². The maximum absolute atomic E-state index is 14.5. The standard InChI is InChI=1S/C20H23FN2O3/c1-9(2)10(3)17-14(20(23)26)8-15(21)11(4)18(17)13-6-5-12(19(22)25)7-16(13)24/h5-10,24H,1-4H3,(H2,22,25)(H2,23,26)/t10-/m1/s1. The molecule has 0 bridgehead atoms. The van der Waals surface area contributed by atoms with E-state index in [0.717, 1.165) is 6.07 Å². The summed E-state index contributed by atoms with van der Waals surface area (Å²) in [6.45, 7) is 7.46. The number of phenolic OH excluding ortho intramolecular Hbond substituents is 1. The average molecular weight is 358 g/mol. The van der Waals surface area contributed by atoms with E-state index in [1.807, 2.05) is 20.8 Å². The number of hydrogen-bond donors (Lipinski definition) is 3. The summed E-state index contributed by atoms with van der Waals surface area (Å²) >= 11 is 0. The summed E-state index contributed by atoms with van der Waals surface area (Å²) in [7, 11) is 0. The minimum absolute atomic E-state index is 0.0858. The molecule has 0 aliphatic heterocycles. The summed E-state index contributed by atoms with van der Waals surface area (Å²) in [5.41, 5.74) is 12.5. The Hall–Kier alpha value is -2.89. The molecule has 0 aromatic heterocycles. The third-order valence-electron chi connectivity index (χ3n) is 4.84. The number of carbonyl (C=O) groups is 2. The first-order valence-corrected chi connectivity index (χ1v) is 8.32. The average Bonchev–Trinajstić information content (AvgIpc) is 2.56. The van der Waals surface area contributed by atoms with Gasteiger partial charge in [-0.05, 0) is 59.7 Å². The lowest BCUT2D eigenvalue weighted by molar-refractivity contribution is 0.0991. The van der Waals surface area contributed by atoms with Crippen molar-refractivity contribution in [2.75, 3.05) is 0 Å². The summed E-state index contributed by atoms with van der Waals surface area (Å²) in [6.07, 6.45) is 0. The molecular formula is C20H23FN2O3. The van der Waals surface area contributed by atoms with Crippen LogP contribution < -0.4 is 11.5 Å². The number of phenols is 1. The highest BCUT2D eigenvalue weighted by Crippen LogP contribution is 2.42. The molecule has 138 valence electrons. The number of hydrogen-bond acceptors (Lipinski definition) is 3. The van der Waals surface area contributed by atoms with Crippen LogP contribution in [0.5, 0.6) is 5.75 Å². The lowest BCUT2D eigenvalue weighted by atomic mass is 9.79. The Labute approximate surface area is 151 Å². The summed E-state index contributed by atoms with van der Waals surface area (Å²) in [6, 6.07) is 5.33. The van der Waals surface area contributed by atoms with Crippen LogP contribution in [-0.4, -0.2) is 16.9 Å². The maximum atomic E-state index is 14.5. The van der Waals surface area contributed by atoms with Gasteiger partial charge in [0.05, 0.1) is 0 Å². The zero-order valence-corrected chi connectivity index (χ0v) is 15.3. The molecule has 0 heterocycles. The fourth-order valence-corrected chi connectivity index (χ4v) is 3.02. The number of aromatic hydroxyl groups is 1. The van der Waals surface area contributed by atoms with Crippen LogP contribution in [0.1, 0.15) is 58.5 Å². The van der Waals surface area contributed by atoms with Gasteiger partial charge in [0.25, 0.3) is 0 Å². The van der Waals surface area contributed by atoms with Gasteiger partial charge in [0.15, 0.2) is 0 Å². The van der Waals surface area contributed by atoms with Crippen LogP contribution in [0.4, 0.5) is 4.39 Å². The second kappa shape index (κ2) is 7.15. The van der Waals surface area contributed by atoms with Gasteiger partial charge in [-0.15, -0.1) is 0 Å². The van der Waals surface area contributed by atoms with Crippen molar-refractivity contribution in [2.24, 2.45) is 17.4 Å². The number of primary amides is 2. The molecular weight excluding hydrogens is 335 g/mol. The van der Waals surface area contributed by atoms with Gasteiger partial charge in [-0.2, -0.15) is 0 Å². The molecule has 2 aromatic rings. The number of halogens is 1. The predicted molar refractivity (Wildman–Crippen MR) is 98.5 cm³/mol. The van der Waals surface area contributed by atoms with Crippen LogP contribution in [0.15, 0.2) is 24.3 Å². The molecule has 2 amide bonds. The van der Waals surface area contributed by atoms with Crippen molar-refractivity contribution < 1.29 is 19.1 Å². The fourth-order valence-electron chi connectivity index (χ4n) is 3.02. The fraction of sp³-hybridized carbons (Fsp3) is 0.300. The second-order valence-electron chi connectivity index (χ2n) is 6.81. The maximum Gasteiger partial charge on any atom is 0.249 e. The van der Waals surface area contributed by atoms with E-state index in [-0.39, 0.29) is 28.7 Å². The number of benzene rings is 2. The molecule has 2 aromatic carbocycles. The highest BCUT2D eigenvalue weighted by Gasteiger charge is 2.26.